The second-order valence-corrected chi connectivity index (χ2v) is 2.25. The number of nitrogens with zero attached hydrogens (tertiary/aromatic N) is 2. The topological polar surface area (TPSA) is 81.1 Å². The van der Waals surface area contributed by atoms with E-state index in [0.29, 0.717) is 0 Å². The normalized spacial score (nSPS) is 12.9. The molecular formula is C6H9N3O2. The van der Waals surface area contributed by atoms with Gasteiger partial charge in [-0.15, -0.1) is 0 Å². The maximum atomic E-state index is 10.3. The van der Waals surface area contributed by atoms with Crippen molar-refractivity contribution in [2.24, 2.45) is 5.73 Å². The van der Waals surface area contributed by atoms with Gasteiger partial charge in [-0.25, -0.2) is 4.79 Å². The Kier molecular flexibility index (Phi) is 1.91. The van der Waals surface area contributed by atoms with E-state index in [4.69, 9.17) is 10.8 Å². The highest BCUT2D eigenvalue weighted by Crippen LogP contribution is 2.00. The Labute approximate surface area is 63.4 Å². The average molecular weight is 155 g/mol. The van der Waals surface area contributed by atoms with Gasteiger partial charge < -0.3 is 10.8 Å². The third-order valence-corrected chi connectivity index (χ3v) is 1.27. The van der Waals surface area contributed by atoms with Crippen LogP contribution in [0.1, 0.15) is 23.4 Å². The van der Waals surface area contributed by atoms with Gasteiger partial charge in [-0.2, -0.15) is 5.10 Å². The van der Waals surface area contributed by atoms with Gasteiger partial charge in [-0.1, -0.05) is 0 Å². The van der Waals surface area contributed by atoms with Crippen LogP contribution in [0.3, 0.4) is 0 Å². The van der Waals surface area contributed by atoms with Crippen molar-refractivity contribution in [2.75, 3.05) is 0 Å². The minimum absolute atomic E-state index is 0.155. The molecule has 1 unspecified atom stereocenters. The Morgan fingerprint density at radius 3 is 2.82 bits per heavy atom. The SMILES string of the molecule is CC(N)n1cc(C(=O)O)cn1. The number of hydrogen-bond acceptors (Lipinski definition) is 3. The van der Waals surface area contributed by atoms with E-state index in [9.17, 15) is 4.79 Å². The Morgan fingerprint density at radius 1 is 1.91 bits per heavy atom. The lowest BCUT2D eigenvalue weighted by Crippen LogP contribution is -2.14. The van der Waals surface area contributed by atoms with Crippen LogP contribution in [0, 0.1) is 0 Å². The van der Waals surface area contributed by atoms with Crippen molar-refractivity contribution in [2.45, 2.75) is 13.1 Å². The molecule has 5 nitrogen and oxygen atoms in total. The van der Waals surface area contributed by atoms with Gasteiger partial charge in [0.15, 0.2) is 0 Å². The average Bonchev–Trinajstić information content (AvgIpc) is 2.33. The maximum Gasteiger partial charge on any atom is 0.338 e. The van der Waals surface area contributed by atoms with Crippen LogP contribution in [0.5, 0.6) is 0 Å². The Bertz CT molecular complexity index is 267. The van der Waals surface area contributed by atoms with E-state index in [2.05, 4.69) is 5.10 Å². The summed E-state index contributed by atoms with van der Waals surface area (Å²) in [4.78, 5) is 10.3. The zero-order valence-electron chi connectivity index (χ0n) is 6.06. The molecule has 60 valence electrons. The molecule has 0 saturated carbocycles. The quantitative estimate of drug-likeness (QED) is 0.632. The van der Waals surface area contributed by atoms with E-state index in [1.54, 1.807) is 6.92 Å². The maximum absolute atomic E-state index is 10.3. The molecule has 11 heavy (non-hydrogen) atoms. The molecule has 0 fully saturated rings. The number of carbonyl (C=O) groups is 1. The van der Waals surface area contributed by atoms with Crippen LogP contribution in [-0.4, -0.2) is 20.9 Å². The molecule has 1 heterocycles. The van der Waals surface area contributed by atoms with Crippen LogP contribution in [0.4, 0.5) is 0 Å². The number of aromatic carboxylic acids is 1. The first-order chi connectivity index (χ1) is 5.11. The molecule has 0 radical (unpaired) electrons. The molecular weight excluding hydrogens is 146 g/mol. The van der Waals surface area contributed by atoms with Gasteiger partial charge in [0.1, 0.15) is 0 Å². The van der Waals surface area contributed by atoms with Crippen LogP contribution >= 0.6 is 0 Å². The molecule has 0 bridgehead atoms. The highest BCUT2D eigenvalue weighted by molar-refractivity contribution is 5.86. The van der Waals surface area contributed by atoms with E-state index in [1.165, 1.54) is 17.1 Å². The molecule has 1 atom stereocenters. The molecule has 0 aromatic carbocycles. The minimum Gasteiger partial charge on any atom is -0.478 e. The summed E-state index contributed by atoms with van der Waals surface area (Å²) < 4.78 is 1.39. The predicted molar refractivity (Wildman–Crippen MR) is 38.1 cm³/mol. The van der Waals surface area contributed by atoms with E-state index >= 15 is 0 Å². The number of carboxylic acids is 1. The van der Waals surface area contributed by atoms with Crippen LogP contribution < -0.4 is 5.73 Å². The summed E-state index contributed by atoms with van der Waals surface area (Å²) in [6.45, 7) is 1.72. The summed E-state index contributed by atoms with van der Waals surface area (Å²) >= 11 is 0. The molecule has 1 aromatic heterocycles. The number of carboxylic acid groups (broad SMARTS) is 1. The number of nitrogens with two attached hydrogens (primary N) is 1. The number of rotatable bonds is 2. The van der Waals surface area contributed by atoms with E-state index in [1.807, 2.05) is 0 Å². The fourth-order valence-corrected chi connectivity index (χ4v) is 0.671. The van der Waals surface area contributed by atoms with Crippen molar-refractivity contribution in [3.8, 4) is 0 Å². The van der Waals surface area contributed by atoms with Crippen molar-refractivity contribution >= 4 is 5.97 Å². The van der Waals surface area contributed by atoms with Crippen LogP contribution in [0.15, 0.2) is 12.4 Å². The Hall–Kier alpha value is -1.36. The second kappa shape index (κ2) is 2.71. The summed E-state index contributed by atoms with van der Waals surface area (Å²) in [5.41, 5.74) is 5.59. The first kappa shape index (κ1) is 7.74. The van der Waals surface area contributed by atoms with Crippen molar-refractivity contribution in [3.05, 3.63) is 18.0 Å². The summed E-state index contributed by atoms with van der Waals surface area (Å²) in [6.07, 6.45) is 2.38. The van der Waals surface area contributed by atoms with Crippen LogP contribution in [0.2, 0.25) is 0 Å². The minimum atomic E-state index is -0.989. The lowest BCUT2D eigenvalue weighted by molar-refractivity contribution is 0.0697. The highest BCUT2D eigenvalue weighted by Gasteiger charge is 2.06. The molecule has 5 heteroatoms. The number of aromatic nitrogens is 2. The monoisotopic (exact) mass is 155 g/mol. The van der Waals surface area contributed by atoms with Gasteiger partial charge in [0.05, 0.1) is 17.9 Å². The molecule has 0 aliphatic rings. The van der Waals surface area contributed by atoms with E-state index in [0.717, 1.165) is 0 Å². The lowest BCUT2D eigenvalue weighted by atomic mass is 10.4. The van der Waals surface area contributed by atoms with Gasteiger partial charge in [-0.05, 0) is 6.92 Å². The fourth-order valence-electron chi connectivity index (χ4n) is 0.671. The number of hydrogen-bond donors (Lipinski definition) is 2. The summed E-state index contributed by atoms with van der Waals surface area (Å²) in [5, 5.41) is 12.2. The van der Waals surface area contributed by atoms with Gasteiger partial charge in [0.2, 0.25) is 0 Å². The highest BCUT2D eigenvalue weighted by atomic mass is 16.4. The van der Waals surface area contributed by atoms with Gasteiger partial charge in [-0.3, -0.25) is 4.68 Å². The van der Waals surface area contributed by atoms with Gasteiger partial charge >= 0.3 is 5.97 Å². The summed E-state index contributed by atoms with van der Waals surface area (Å²) in [5.74, 6) is -0.989. The summed E-state index contributed by atoms with van der Waals surface area (Å²) in [7, 11) is 0. The molecule has 1 aromatic rings. The second-order valence-electron chi connectivity index (χ2n) is 2.25. The van der Waals surface area contributed by atoms with Crippen LogP contribution in [-0.2, 0) is 0 Å². The molecule has 1 rings (SSSR count). The summed E-state index contributed by atoms with van der Waals surface area (Å²) in [6, 6.07) is 0. The zero-order chi connectivity index (χ0) is 8.43. The fraction of sp³-hybridized carbons (Fsp3) is 0.333. The van der Waals surface area contributed by atoms with Crippen molar-refractivity contribution in [1.82, 2.24) is 9.78 Å². The third kappa shape index (κ3) is 1.56. The van der Waals surface area contributed by atoms with Crippen LogP contribution in [0.25, 0.3) is 0 Å². The largest absolute Gasteiger partial charge is 0.478 e. The van der Waals surface area contributed by atoms with E-state index in [-0.39, 0.29) is 11.7 Å². The molecule has 0 saturated heterocycles. The zero-order valence-corrected chi connectivity index (χ0v) is 6.06. The standard InChI is InChI=1S/C6H9N3O2/c1-4(7)9-3-5(2-8-9)6(10)11/h2-4H,7H2,1H3,(H,10,11). The molecule has 0 aliphatic carbocycles. The van der Waals surface area contributed by atoms with E-state index < -0.39 is 5.97 Å². The Morgan fingerprint density at radius 2 is 2.55 bits per heavy atom. The molecule has 0 amide bonds. The third-order valence-electron chi connectivity index (χ3n) is 1.27. The predicted octanol–water partition coefficient (Wildman–Crippen LogP) is 0.0585. The Balaban J connectivity index is 2.90. The van der Waals surface area contributed by atoms with Gasteiger partial charge in [0, 0.05) is 6.20 Å². The molecule has 0 spiro atoms. The van der Waals surface area contributed by atoms with Crippen molar-refractivity contribution in [1.29, 1.82) is 0 Å². The lowest BCUT2D eigenvalue weighted by Gasteiger charge is -2.02. The van der Waals surface area contributed by atoms with Crippen molar-refractivity contribution < 1.29 is 9.90 Å². The van der Waals surface area contributed by atoms with Crippen molar-refractivity contribution in [3.63, 3.8) is 0 Å². The van der Waals surface area contributed by atoms with Gasteiger partial charge in [0.25, 0.3) is 0 Å². The smallest absolute Gasteiger partial charge is 0.338 e. The molecule has 0 aliphatic heterocycles. The first-order valence-electron chi connectivity index (χ1n) is 3.14. The first-order valence-corrected chi connectivity index (χ1v) is 3.14. The molecule has 3 N–H and O–H groups in total.